The van der Waals surface area contributed by atoms with Gasteiger partial charge in [-0.3, -0.25) is 19.1 Å². The summed E-state index contributed by atoms with van der Waals surface area (Å²) in [5.74, 6) is -0.368. The molecule has 2 fully saturated rings. The molecule has 2 aliphatic heterocycles. The molecule has 4 N–H and O–H groups in total. The lowest BCUT2D eigenvalue weighted by atomic mass is 9.95. The highest BCUT2D eigenvalue weighted by Gasteiger charge is 2.40. The minimum absolute atomic E-state index is 0.00893. The Kier molecular flexibility index (Phi) is 6.10. The second kappa shape index (κ2) is 8.34. The van der Waals surface area contributed by atoms with Crippen LogP contribution in [0.5, 0.6) is 0 Å². The number of nitrogens with one attached hydrogen (secondary N) is 2. The molecule has 10 nitrogen and oxygen atoms in total. The molecule has 1 aromatic heterocycles. The predicted molar refractivity (Wildman–Crippen MR) is 93.3 cm³/mol. The van der Waals surface area contributed by atoms with Gasteiger partial charge >= 0.3 is 5.69 Å². The van der Waals surface area contributed by atoms with Crippen LogP contribution >= 0.6 is 0 Å². The molecule has 1 amide bonds. The van der Waals surface area contributed by atoms with Crippen LogP contribution in [0.15, 0.2) is 15.7 Å². The summed E-state index contributed by atoms with van der Waals surface area (Å²) in [5.41, 5.74) is -0.695. The van der Waals surface area contributed by atoms with Crippen LogP contribution < -0.4 is 16.6 Å². The van der Waals surface area contributed by atoms with E-state index < -0.39 is 35.6 Å². The first-order valence-corrected chi connectivity index (χ1v) is 9.03. The van der Waals surface area contributed by atoms with Gasteiger partial charge in [-0.05, 0) is 19.8 Å². The number of nitrogens with zero attached hydrogens (tertiary/aromatic N) is 1. The van der Waals surface area contributed by atoms with Crippen LogP contribution in [0.3, 0.4) is 0 Å². The van der Waals surface area contributed by atoms with E-state index >= 15 is 0 Å². The van der Waals surface area contributed by atoms with E-state index in [1.165, 1.54) is 10.6 Å². The molecular weight excluding hydrogens is 358 g/mol. The Labute approximate surface area is 155 Å². The Balaban J connectivity index is 1.62. The topological polar surface area (TPSA) is 143 Å². The quantitative estimate of drug-likeness (QED) is 0.465. The van der Waals surface area contributed by atoms with Gasteiger partial charge in [0.2, 0.25) is 5.91 Å². The van der Waals surface area contributed by atoms with Crippen molar-refractivity contribution in [3.05, 3.63) is 32.6 Å². The van der Waals surface area contributed by atoms with Crippen LogP contribution in [0.1, 0.15) is 18.5 Å². The maximum Gasteiger partial charge on any atom is 0.328 e. The van der Waals surface area contributed by atoms with Crippen LogP contribution in [0.25, 0.3) is 0 Å². The molecule has 0 aliphatic carbocycles. The summed E-state index contributed by atoms with van der Waals surface area (Å²) >= 11 is 0. The standard InChI is InChI=1S/C17H25N3O7/c1-9-6-13(21)19-17(25)20(9)7-12-15(23)14(22)11(8-27-12)18-16(24)10-2-4-26-5-3-10/h6,10-12,14-15,22-23H,2-5,7-8H2,1H3,(H,18,24)(H,19,21,25)/t11-,12-,14+,15-/m1/s1. The van der Waals surface area contributed by atoms with E-state index in [0.29, 0.717) is 31.7 Å². The number of aromatic nitrogens is 2. The first-order valence-electron chi connectivity index (χ1n) is 9.03. The summed E-state index contributed by atoms with van der Waals surface area (Å²) in [6, 6.07) is 0.532. The lowest BCUT2D eigenvalue weighted by Gasteiger charge is -2.38. The fraction of sp³-hybridized carbons (Fsp3) is 0.706. The summed E-state index contributed by atoms with van der Waals surface area (Å²) < 4.78 is 12.1. The normalized spacial score (nSPS) is 29.4. The molecule has 1 aromatic rings. The number of carbonyl (C=O) groups is 1. The maximum absolute atomic E-state index is 12.3. The molecule has 3 rings (SSSR count). The summed E-state index contributed by atoms with van der Waals surface area (Å²) in [7, 11) is 0. The van der Waals surface area contributed by atoms with Gasteiger partial charge in [-0.25, -0.2) is 4.79 Å². The second-order valence-corrected chi connectivity index (χ2v) is 7.05. The van der Waals surface area contributed by atoms with Gasteiger partial charge in [0.1, 0.15) is 18.3 Å². The Morgan fingerprint density at radius 1 is 1.30 bits per heavy atom. The number of aryl methyl sites for hydroxylation is 1. The van der Waals surface area contributed by atoms with Crippen molar-refractivity contribution in [1.29, 1.82) is 0 Å². The molecule has 2 aliphatic rings. The van der Waals surface area contributed by atoms with Crippen molar-refractivity contribution in [2.24, 2.45) is 5.92 Å². The third kappa shape index (κ3) is 4.46. The Morgan fingerprint density at radius 2 is 2.00 bits per heavy atom. The number of carbonyl (C=O) groups excluding carboxylic acids is 1. The maximum atomic E-state index is 12.3. The average molecular weight is 383 g/mol. The van der Waals surface area contributed by atoms with Crippen molar-refractivity contribution in [3.63, 3.8) is 0 Å². The molecule has 0 unspecified atom stereocenters. The summed E-state index contributed by atoms with van der Waals surface area (Å²) in [4.78, 5) is 37.7. The van der Waals surface area contributed by atoms with Gasteiger partial charge in [-0.2, -0.15) is 0 Å². The number of ether oxygens (including phenoxy) is 2. The Hall–Kier alpha value is -2.01. The van der Waals surface area contributed by atoms with E-state index in [9.17, 15) is 24.6 Å². The SMILES string of the molecule is Cc1cc(=O)[nH]c(=O)n1C[C@H]1OC[C@@H](NC(=O)C2CCOCC2)[C@H](O)[C@@H]1O. The number of rotatable bonds is 4. The number of hydrogen-bond acceptors (Lipinski definition) is 7. The molecule has 27 heavy (non-hydrogen) atoms. The fourth-order valence-corrected chi connectivity index (χ4v) is 3.47. The predicted octanol–water partition coefficient (Wildman–Crippen LogP) is -2.12. The minimum atomic E-state index is -1.29. The van der Waals surface area contributed by atoms with Crippen molar-refractivity contribution in [3.8, 4) is 0 Å². The zero-order chi connectivity index (χ0) is 19.6. The Bertz CT molecular complexity index is 783. The molecule has 3 heterocycles. The van der Waals surface area contributed by atoms with E-state index in [2.05, 4.69) is 10.3 Å². The first kappa shape index (κ1) is 19.7. The monoisotopic (exact) mass is 383 g/mol. The average Bonchev–Trinajstić information content (AvgIpc) is 2.64. The van der Waals surface area contributed by atoms with Gasteiger partial charge in [-0.15, -0.1) is 0 Å². The highest BCUT2D eigenvalue weighted by Crippen LogP contribution is 2.19. The number of H-pyrrole nitrogens is 1. The Morgan fingerprint density at radius 3 is 2.67 bits per heavy atom. The van der Waals surface area contributed by atoms with Crippen molar-refractivity contribution < 1.29 is 24.5 Å². The molecule has 150 valence electrons. The minimum Gasteiger partial charge on any atom is -0.388 e. The molecule has 0 spiro atoms. The molecule has 0 bridgehead atoms. The molecule has 2 saturated heterocycles. The van der Waals surface area contributed by atoms with Crippen LogP contribution in [-0.2, 0) is 20.8 Å². The van der Waals surface area contributed by atoms with Crippen molar-refractivity contribution in [1.82, 2.24) is 14.9 Å². The van der Waals surface area contributed by atoms with Crippen molar-refractivity contribution >= 4 is 5.91 Å². The van der Waals surface area contributed by atoms with E-state index in [1.54, 1.807) is 6.92 Å². The number of aliphatic hydroxyl groups is 2. The van der Waals surface area contributed by atoms with Crippen LogP contribution in [-0.4, -0.2) is 69.8 Å². The number of aromatic amines is 1. The lowest BCUT2D eigenvalue weighted by molar-refractivity contribution is -0.160. The van der Waals surface area contributed by atoms with Crippen molar-refractivity contribution in [2.75, 3.05) is 19.8 Å². The van der Waals surface area contributed by atoms with Gasteiger partial charge in [0, 0.05) is 30.9 Å². The van der Waals surface area contributed by atoms with Gasteiger partial charge in [-0.1, -0.05) is 0 Å². The van der Waals surface area contributed by atoms with Crippen molar-refractivity contribution in [2.45, 2.75) is 50.7 Å². The van der Waals surface area contributed by atoms with E-state index in [1.807, 2.05) is 0 Å². The van der Waals surface area contributed by atoms with E-state index in [4.69, 9.17) is 9.47 Å². The molecule has 0 radical (unpaired) electrons. The first-order chi connectivity index (χ1) is 12.9. The largest absolute Gasteiger partial charge is 0.388 e. The van der Waals surface area contributed by atoms with Crippen LogP contribution in [0.4, 0.5) is 0 Å². The third-order valence-electron chi connectivity index (χ3n) is 5.16. The van der Waals surface area contributed by atoms with E-state index in [0.717, 1.165) is 0 Å². The van der Waals surface area contributed by atoms with Gasteiger partial charge < -0.3 is 25.0 Å². The zero-order valence-corrected chi connectivity index (χ0v) is 15.1. The van der Waals surface area contributed by atoms with Gasteiger partial charge in [0.15, 0.2) is 0 Å². The lowest BCUT2D eigenvalue weighted by Crippen LogP contribution is -2.61. The summed E-state index contributed by atoms with van der Waals surface area (Å²) in [6.07, 6.45) is -2.13. The second-order valence-electron chi connectivity index (χ2n) is 7.05. The highest BCUT2D eigenvalue weighted by molar-refractivity contribution is 5.79. The van der Waals surface area contributed by atoms with Crippen LogP contribution in [0, 0.1) is 12.8 Å². The zero-order valence-electron chi connectivity index (χ0n) is 15.1. The number of hydrogen-bond donors (Lipinski definition) is 4. The highest BCUT2D eigenvalue weighted by atomic mass is 16.5. The van der Waals surface area contributed by atoms with E-state index in [-0.39, 0.29) is 25.0 Å². The smallest absolute Gasteiger partial charge is 0.328 e. The summed E-state index contributed by atoms with van der Waals surface area (Å²) in [5, 5.41) is 23.5. The van der Waals surface area contributed by atoms with Crippen LogP contribution in [0.2, 0.25) is 0 Å². The number of amides is 1. The number of aliphatic hydroxyl groups excluding tert-OH is 2. The third-order valence-corrected chi connectivity index (χ3v) is 5.16. The van der Waals surface area contributed by atoms with Gasteiger partial charge in [0.05, 0.1) is 19.2 Å². The molecule has 0 saturated carbocycles. The fourth-order valence-electron chi connectivity index (χ4n) is 3.47. The molecule has 0 aromatic carbocycles. The molecular formula is C17H25N3O7. The van der Waals surface area contributed by atoms with Gasteiger partial charge in [0.25, 0.3) is 5.56 Å². The molecule has 4 atom stereocenters. The summed E-state index contributed by atoms with van der Waals surface area (Å²) in [6.45, 7) is 2.63. The molecule has 10 heteroatoms.